The Morgan fingerprint density at radius 2 is 1.86 bits per heavy atom. The molecule has 5 rings (SSSR count). The normalized spacial score (nSPS) is 29.7. The van der Waals surface area contributed by atoms with Gasteiger partial charge in [-0.05, 0) is 66.7 Å². The fraction of sp³-hybridized carbons (Fsp3) is 0.500. The first kappa shape index (κ1) is 13.2. The van der Waals surface area contributed by atoms with Gasteiger partial charge >= 0.3 is 0 Å². The fourth-order valence-corrected chi connectivity index (χ4v) is 4.68. The molecule has 3 aliphatic carbocycles. The predicted octanol–water partition coefficient (Wildman–Crippen LogP) is 5.24. The summed E-state index contributed by atoms with van der Waals surface area (Å²) in [7, 11) is 0. The lowest BCUT2D eigenvalue weighted by molar-refractivity contribution is -0.00657. The molecule has 0 saturated heterocycles. The number of allylic oxidation sites excluding steroid dienone is 3. The van der Waals surface area contributed by atoms with E-state index in [-0.39, 0.29) is 0 Å². The summed E-state index contributed by atoms with van der Waals surface area (Å²) in [5.41, 5.74) is 7.90. The van der Waals surface area contributed by atoms with Crippen LogP contribution in [0.25, 0.3) is 5.57 Å². The molecule has 1 nitrogen and oxygen atoms in total. The van der Waals surface area contributed by atoms with E-state index in [0.29, 0.717) is 5.41 Å². The molecule has 0 amide bonds. The molecule has 4 aliphatic rings. The van der Waals surface area contributed by atoms with Gasteiger partial charge in [0.1, 0.15) is 12.4 Å². The Balaban J connectivity index is 1.90. The fourth-order valence-electron chi connectivity index (χ4n) is 4.68. The third-order valence-electron chi connectivity index (χ3n) is 6.13. The quantitative estimate of drug-likeness (QED) is 0.684. The summed E-state index contributed by atoms with van der Waals surface area (Å²) in [5, 5.41) is 0. The van der Waals surface area contributed by atoms with Gasteiger partial charge in [0.2, 0.25) is 0 Å². The average Bonchev–Trinajstić information content (AvgIpc) is 2.47. The SMILES string of the molecule is CC1=C(C2=C(C)C[C@@H]3C[C@H]2C3(C)C)c2ccccc2OC1. The van der Waals surface area contributed by atoms with Crippen LogP contribution in [0, 0.1) is 17.3 Å². The lowest BCUT2D eigenvalue weighted by atomic mass is 9.46. The largest absolute Gasteiger partial charge is 0.489 e. The van der Waals surface area contributed by atoms with Gasteiger partial charge in [0.05, 0.1) is 0 Å². The van der Waals surface area contributed by atoms with Gasteiger partial charge in [-0.3, -0.25) is 0 Å². The van der Waals surface area contributed by atoms with Gasteiger partial charge in [-0.2, -0.15) is 0 Å². The smallest absolute Gasteiger partial charge is 0.127 e. The zero-order valence-electron chi connectivity index (χ0n) is 13.5. The van der Waals surface area contributed by atoms with Crippen molar-refractivity contribution in [1.82, 2.24) is 0 Å². The highest BCUT2D eigenvalue weighted by molar-refractivity contribution is 5.87. The van der Waals surface area contributed by atoms with E-state index in [0.717, 1.165) is 24.2 Å². The van der Waals surface area contributed by atoms with Crippen LogP contribution in [0.15, 0.2) is 41.0 Å². The van der Waals surface area contributed by atoms with E-state index in [4.69, 9.17) is 4.74 Å². The van der Waals surface area contributed by atoms with E-state index >= 15 is 0 Å². The van der Waals surface area contributed by atoms with Crippen LogP contribution in [0.5, 0.6) is 5.75 Å². The van der Waals surface area contributed by atoms with Gasteiger partial charge in [0.25, 0.3) is 0 Å². The second-order valence-electron chi connectivity index (χ2n) is 7.64. The maximum atomic E-state index is 5.91. The Labute approximate surface area is 127 Å². The van der Waals surface area contributed by atoms with Crippen molar-refractivity contribution in [3.05, 3.63) is 46.5 Å². The highest BCUT2D eigenvalue weighted by Crippen LogP contribution is 2.64. The molecule has 0 aromatic heterocycles. The zero-order valence-corrected chi connectivity index (χ0v) is 13.5. The molecule has 0 spiro atoms. The Kier molecular flexibility index (Phi) is 2.67. The van der Waals surface area contributed by atoms with Crippen LogP contribution in [0.3, 0.4) is 0 Å². The van der Waals surface area contributed by atoms with E-state index in [9.17, 15) is 0 Å². The number of hydrogen-bond donors (Lipinski definition) is 0. The van der Waals surface area contributed by atoms with E-state index in [1.807, 2.05) is 0 Å². The molecule has 1 aromatic carbocycles. The number of para-hydroxylation sites is 1. The first-order valence-corrected chi connectivity index (χ1v) is 8.12. The summed E-state index contributed by atoms with van der Waals surface area (Å²) < 4.78 is 5.91. The number of fused-ring (bicyclic) bond motifs is 2. The van der Waals surface area contributed by atoms with Crippen LogP contribution in [0.1, 0.15) is 46.1 Å². The molecule has 1 fully saturated rings. The summed E-state index contributed by atoms with van der Waals surface area (Å²) in [5.74, 6) is 2.67. The van der Waals surface area contributed by atoms with Crippen molar-refractivity contribution in [2.24, 2.45) is 17.3 Å². The lowest BCUT2D eigenvalue weighted by Gasteiger charge is -2.58. The highest BCUT2D eigenvalue weighted by atomic mass is 16.5. The monoisotopic (exact) mass is 280 g/mol. The van der Waals surface area contributed by atoms with Crippen LogP contribution >= 0.6 is 0 Å². The third-order valence-corrected chi connectivity index (χ3v) is 6.13. The van der Waals surface area contributed by atoms with Gasteiger partial charge in [-0.1, -0.05) is 37.6 Å². The summed E-state index contributed by atoms with van der Waals surface area (Å²) >= 11 is 0. The predicted molar refractivity (Wildman–Crippen MR) is 87.2 cm³/mol. The minimum atomic E-state index is 0.468. The molecule has 1 saturated carbocycles. The molecule has 0 unspecified atom stereocenters. The summed E-state index contributed by atoms with van der Waals surface area (Å²) in [4.78, 5) is 0. The van der Waals surface area contributed by atoms with Crippen molar-refractivity contribution in [3.8, 4) is 5.75 Å². The second kappa shape index (κ2) is 4.25. The van der Waals surface area contributed by atoms with Crippen LogP contribution in [0.2, 0.25) is 0 Å². The van der Waals surface area contributed by atoms with Gasteiger partial charge in [0, 0.05) is 5.56 Å². The molecule has 1 heteroatoms. The molecular weight excluding hydrogens is 256 g/mol. The number of ether oxygens (including phenoxy) is 1. The number of rotatable bonds is 1. The van der Waals surface area contributed by atoms with Crippen molar-refractivity contribution >= 4 is 5.57 Å². The molecule has 2 atom stereocenters. The van der Waals surface area contributed by atoms with Crippen molar-refractivity contribution in [2.45, 2.75) is 40.5 Å². The van der Waals surface area contributed by atoms with Gasteiger partial charge < -0.3 is 4.74 Å². The van der Waals surface area contributed by atoms with Crippen molar-refractivity contribution in [3.63, 3.8) is 0 Å². The first-order valence-electron chi connectivity index (χ1n) is 8.12. The summed E-state index contributed by atoms with van der Waals surface area (Å²) in [6.45, 7) is 10.2. The van der Waals surface area contributed by atoms with E-state index in [2.05, 4.69) is 52.0 Å². The van der Waals surface area contributed by atoms with Gasteiger partial charge in [-0.25, -0.2) is 0 Å². The highest BCUT2D eigenvalue weighted by Gasteiger charge is 2.53. The summed E-state index contributed by atoms with van der Waals surface area (Å²) in [6, 6.07) is 8.54. The number of hydrogen-bond acceptors (Lipinski definition) is 1. The third kappa shape index (κ3) is 1.70. The molecule has 1 aliphatic heterocycles. The average molecular weight is 280 g/mol. The number of benzene rings is 1. The molecule has 0 N–H and O–H groups in total. The van der Waals surface area contributed by atoms with Crippen LogP contribution in [0.4, 0.5) is 0 Å². The minimum Gasteiger partial charge on any atom is -0.489 e. The Morgan fingerprint density at radius 1 is 1.10 bits per heavy atom. The molecule has 1 heterocycles. The van der Waals surface area contributed by atoms with E-state index < -0.39 is 0 Å². The van der Waals surface area contributed by atoms with Gasteiger partial charge in [-0.15, -0.1) is 0 Å². The van der Waals surface area contributed by atoms with Crippen molar-refractivity contribution < 1.29 is 4.74 Å². The summed E-state index contributed by atoms with van der Waals surface area (Å²) in [6.07, 6.45) is 2.65. The topological polar surface area (TPSA) is 9.23 Å². The second-order valence-corrected chi connectivity index (χ2v) is 7.64. The van der Waals surface area contributed by atoms with Crippen molar-refractivity contribution in [1.29, 1.82) is 0 Å². The lowest BCUT2D eigenvalue weighted by Crippen LogP contribution is -2.49. The Hall–Kier alpha value is -1.50. The van der Waals surface area contributed by atoms with E-state index in [1.54, 1.807) is 11.1 Å². The van der Waals surface area contributed by atoms with Crippen LogP contribution < -0.4 is 4.74 Å². The Morgan fingerprint density at radius 3 is 2.62 bits per heavy atom. The molecular formula is C20H24O. The first-order chi connectivity index (χ1) is 10.00. The molecule has 0 radical (unpaired) electrons. The molecule has 110 valence electrons. The molecule has 2 bridgehead atoms. The van der Waals surface area contributed by atoms with E-state index in [1.165, 1.54) is 29.6 Å². The Bertz CT molecular complexity index is 675. The van der Waals surface area contributed by atoms with Crippen molar-refractivity contribution in [2.75, 3.05) is 6.61 Å². The zero-order chi connectivity index (χ0) is 14.8. The van der Waals surface area contributed by atoms with Gasteiger partial charge in [0.15, 0.2) is 0 Å². The van der Waals surface area contributed by atoms with Crippen LogP contribution in [-0.4, -0.2) is 6.61 Å². The maximum Gasteiger partial charge on any atom is 0.127 e. The van der Waals surface area contributed by atoms with Crippen LogP contribution in [-0.2, 0) is 0 Å². The maximum absolute atomic E-state index is 5.91. The minimum absolute atomic E-state index is 0.468. The molecule has 21 heavy (non-hydrogen) atoms. The standard InChI is InChI=1S/C20H24O/c1-12-9-14-10-16(20(14,3)4)19(12)18-13(2)11-21-17-8-6-5-7-15(17)18/h5-8,14,16H,9-11H2,1-4H3/t14-,16-/m1/s1. The molecule has 1 aromatic rings.